The summed E-state index contributed by atoms with van der Waals surface area (Å²) in [5.41, 5.74) is -3.82. The number of hydrogen-bond acceptors (Lipinski definition) is 8. The molecule has 1 atom stereocenters. The van der Waals surface area contributed by atoms with Crippen LogP contribution in [0.1, 0.15) is 44.9 Å². The number of rotatable bonds is 5. The van der Waals surface area contributed by atoms with Gasteiger partial charge in [0.05, 0.1) is 5.52 Å². The number of nitrogens with one attached hydrogen (secondary N) is 1. The normalized spacial score (nSPS) is 16.6. The Morgan fingerprint density at radius 2 is 1.80 bits per heavy atom. The lowest BCUT2D eigenvalue weighted by Gasteiger charge is -2.34. The van der Waals surface area contributed by atoms with E-state index in [9.17, 15) is 22.8 Å². The van der Waals surface area contributed by atoms with Crippen LogP contribution in [0, 0.1) is 0 Å². The minimum Gasteiger partial charge on any atom is -0.444 e. The van der Waals surface area contributed by atoms with Gasteiger partial charge in [0.15, 0.2) is 0 Å². The SMILES string of the molecule is CC(C)(C)OC(=O)N1CCC[C@H](Nc2ncc(C(F)(F)F)c(C(F)(F)SOC(=O)n3ccc4ccccc43)n2)C1. The van der Waals surface area contributed by atoms with Crippen molar-refractivity contribution < 1.29 is 40.5 Å². The molecule has 9 nitrogen and oxygen atoms in total. The lowest BCUT2D eigenvalue weighted by Crippen LogP contribution is -2.47. The number of ether oxygens (including phenoxy) is 1. The molecule has 1 N–H and O–H groups in total. The molecule has 40 heavy (non-hydrogen) atoms. The first-order chi connectivity index (χ1) is 18.6. The number of nitrogens with zero attached hydrogens (tertiary/aromatic N) is 4. The van der Waals surface area contributed by atoms with Crippen LogP contribution in [0.5, 0.6) is 0 Å². The van der Waals surface area contributed by atoms with Gasteiger partial charge in [-0.05, 0) is 45.7 Å². The molecule has 1 aliphatic heterocycles. The van der Waals surface area contributed by atoms with E-state index in [0.717, 1.165) is 4.57 Å². The molecule has 0 bridgehead atoms. The van der Waals surface area contributed by atoms with Crippen molar-refractivity contribution in [1.29, 1.82) is 0 Å². The van der Waals surface area contributed by atoms with Crippen molar-refractivity contribution in [2.75, 3.05) is 18.4 Å². The summed E-state index contributed by atoms with van der Waals surface area (Å²) in [5, 5.41) is -1.02. The number of halogens is 5. The summed E-state index contributed by atoms with van der Waals surface area (Å²) in [6, 6.07) is 7.59. The van der Waals surface area contributed by atoms with Gasteiger partial charge in [-0.15, -0.1) is 0 Å². The van der Waals surface area contributed by atoms with E-state index in [1.54, 1.807) is 51.1 Å². The lowest BCUT2D eigenvalue weighted by molar-refractivity contribution is -0.140. The van der Waals surface area contributed by atoms with Crippen molar-refractivity contribution in [3.8, 4) is 0 Å². The predicted molar refractivity (Wildman–Crippen MR) is 137 cm³/mol. The summed E-state index contributed by atoms with van der Waals surface area (Å²) >= 11 is -0.750. The van der Waals surface area contributed by atoms with Gasteiger partial charge in [-0.25, -0.2) is 19.6 Å². The fourth-order valence-corrected chi connectivity index (χ4v) is 4.55. The van der Waals surface area contributed by atoms with E-state index in [0.29, 0.717) is 30.3 Å². The Bertz CT molecular complexity index is 1390. The molecule has 0 spiro atoms. The highest BCUT2D eigenvalue weighted by Gasteiger charge is 2.47. The average Bonchev–Trinajstić information content (AvgIpc) is 3.30. The van der Waals surface area contributed by atoms with E-state index in [-0.39, 0.29) is 12.7 Å². The molecule has 216 valence electrons. The molecule has 3 aromatic rings. The highest BCUT2D eigenvalue weighted by atomic mass is 32.2. The van der Waals surface area contributed by atoms with Crippen LogP contribution in [0.2, 0.25) is 0 Å². The number of fused-ring (bicyclic) bond motifs is 1. The highest BCUT2D eigenvalue weighted by molar-refractivity contribution is 7.95. The zero-order chi connectivity index (χ0) is 29.3. The number of amides is 1. The number of alkyl halides is 5. The summed E-state index contributed by atoms with van der Waals surface area (Å²) in [7, 11) is 0. The number of piperidine rings is 1. The summed E-state index contributed by atoms with van der Waals surface area (Å²) in [4.78, 5) is 33.3. The number of benzene rings is 1. The zero-order valence-corrected chi connectivity index (χ0v) is 22.5. The lowest BCUT2D eigenvalue weighted by atomic mass is 10.1. The fourth-order valence-electron chi connectivity index (χ4n) is 4.06. The number of aromatic nitrogens is 3. The van der Waals surface area contributed by atoms with Gasteiger partial charge in [0.2, 0.25) is 5.95 Å². The first-order valence-electron chi connectivity index (χ1n) is 12.2. The number of para-hydroxylation sites is 1. The monoisotopic (exact) mass is 587 g/mol. The molecule has 1 fully saturated rings. The van der Waals surface area contributed by atoms with Crippen LogP contribution in [0.15, 0.2) is 42.7 Å². The van der Waals surface area contributed by atoms with Crippen LogP contribution >= 0.6 is 12.0 Å². The fraction of sp³-hybridized carbons (Fsp3) is 0.440. The Kier molecular flexibility index (Phi) is 8.15. The Hall–Kier alpha value is -3.62. The quantitative estimate of drug-likeness (QED) is 0.262. The van der Waals surface area contributed by atoms with E-state index < -0.39 is 64.5 Å². The van der Waals surface area contributed by atoms with Gasteiger partial charge in [-0.3, -0.25) is 4.57 Å². The van der Waals surface area contributed by atoms with Crippen molar-refractivity contribution in [2.24, 2.45) is 0 Å². The number of anilines is 1. The maximum atomic E-state index is 15.1. The molecule has 15 heteroatoms. The molecular formula is C25H26F5N5O4S. The number of hydrogen-bond donors (Lipinski definition) is 1. The summed E-state index contributed by atoms with van der Waals surface area (Å²) in [6.07, 6.45) is -4.47. The van der Waals surface area contributed by atoms with Crippen LogP contribution in [0.25, 0.3) is 10.9 Å². The standard InChI is InChI=1S/C25H26F5N5O4S/c1-23(2,3)38-21(36)34-11-6-8-16(14-34)32-20-31-13-17(24(26,27)28)19(33-20)25(29,30)40-39-22(37)35-12-10-15-7-4-5-9-18(15)35/h4-5,7,9-10,12-13,16H,6,8,11,14H2,1-3H3,(H,31,32,33)/t16-/m0/s1. The van der Waals surface area contributed by atoms with Crippen molar-refractivity contribution in [2.45, 2.75) is 56.7 Å². The first kappa shape index (κ1) is 29.4. The Morgan fingerprint density at radius 1 is 1.07 bits per heavy atom. The van der Waals surface area contributed by atoms with Gasteiger partial charge >= 0.3 is 23.6 Å². The minimum absolute atomic E-state index is 0.0994. The Labute approximate surface area is 230 Å². The zero-order valence-electron chi connectivity index (χ0n) is 21.7. The molecule has 4 rings (SSSR count). The molecule has 1 saturated heterocycles. The first-order valence-corrected chi connectivity index (χ1v) is 12.9. The van der Waals surface area contributed by atoms with Crippen molar-refractivity contribution >= 4 is 41.1 Å². The summed E-state index contributed by atoms with van der Waals surface area (Å²) in [6.45, 7) is 5.61. The Balaban J connectivity index is 1.51. The van der Waals surface area contributed by atoms with Crippen LogP contribution in [0.4, 0.5) is 37.5 Å². The number of carbonyl (C=O) groups is 2. The largest absolute Gasteiger partial charge is 0.444 e. The van der Waals surface area contributed by atoms with E-state index in [2.05, 4.69) is 19.5 Å². The van der Waals surface area contributed by atoms with Crippen LogP contribution in [-0.2, 0) is 20.4 Å². The van der Waals surface area contributed by atoms with Crippen LogP contribution in [-0.4, -0.2) is 56.4 Å². The van der Waals surface area contributed by atoms with Gasteiger partial charge in [0.1, 0.15) is 28.9 Å². The molecule has 0 unspecified atom stereocenters. The Morgan fingerprint density at radius 3 is 2.50 bits per heavy atom. The van der Waals surface area contributed by atoms with E-state index >= 15 is 8.78 Å². The van der Waals surface area contributed by atoms with Crippen molar-refractivity contribution in [3.05, 3.63) is 54.0 Å². The van der Waals surface area contributed by atoms with Gasteiger partial charge in [-0.2, -0.15) is 22.0 Å². The molecule has 0 saturated carbocycles. The third kappa shape index (κ3) is 6.92. The van der Waals surface area contributed by atoms with E-state index in [4.69, 9.17) is 4.74 Å². The smallest absolute Gasteiger partial charge is 0.430 e. The maximum absolute atomic E-state index is 15.1. The number of carbonyl (C=O) groups excluding carboxylic acids is 2. The summed E-state index contributed by atoms with van der Waals surface area (Å²) < 4.78 is 82.1. The van der Waals surface area contributed by atoms with E-state index in [1.165, 1.54) is 11.1 Å². The number of likely N-dealkylation sites (tertiary alicyclic amines) is 1. The van der Waals surface area contributed by atoms with Crippen molar-refractivity contribution in [1.82, 2.24) is 19.4 Å². The molecule has 0 radical (unpaired) electrons. The predicted octanol–water partition coefficient (Wildman–Crippen LogP) is 6.64. The van der Waals surface area contributed by atoms with Crippen molar-refractivity contribution in [3.63, 3.8) is 0 Å². The maximum Gasteiger partial charge on any atom is 0.430 e. The third-order valence-electron chi connectivity index (χ3n) is 5.79. The molecule has 2 aromatic heterocycles. The molecule has 1 aliphatic rings. The highest BCUT2D eigenvalue weighted by Crippen LogP contribution is 2.45. The van der Waals surface area contributed by atoms with Crippen LogP contribution < -0.4 is 5.32 Å². The summed E-state index contributed by atoms with van der Waals surface area (Å²) in [5.74, 6) is -0.498. The topological polar surface area (TPSA) is 98.6 Å². The molecule has 1 amide bonds. The van der Waals surface area contributed by atoms with Gasteiger partial charge in [-0.1, -0.05) is 18.2 Å². The van der Waals surface area contributed by atoms with Gasteiger partial charge in [0, 0.05) is 36.9 Å². The molecular weight excluding hydrogens is 561 g/mol. The average molecular weight is 588 g/mol. The molecule has 1 aromatic carbocycles. The minimum atomic E-state index is -5.21. The second-order valence-corrected chi connectivity index (χ2v) is 10.9. The van der Waals surface area contributed by atoms with Crippen LogP contribution in [0.3, 0.4) is 0 Å². The third-order valence-corrected chi connectivity index (χ3v) is 6.42. The second kappa shape index (κ2) is 11.1. The molecule has 0 aliphatic carbocycles. The van der Waals surface area contributed by atoms with E-state index in [1.807, 2.05) is 0 Å². The van der Waals surface area contributed by atoms with Gasteiger partial charge < -0.3 is 19.1 Å². The second-order valence-electron chi connectivity index (χ2n) is 10.1. The molecule has 3 heterocycles. The van der Waals surface area contributed by atoms with Gasteiger partial charge in [0.25, 0.3) is 0 Å².